The van der Waals surface area contributed by atoms with Crippen LogP contribution in [0.4, 0.5) is 0 Å². The van der Waals surface area contributed by atoms with Gasteiger partial charge in [-0.3, -0.25) is 0 Å². The molecule has 0 fully saturated rings. The van der Waals surface area contributed by atoms with Crippen LogP contribution in [0.2, 0.25) is 0 Å². The standard InChI is InChI=1S/C11H27P3.C5H7.Mn/c1-11(8-12(2)3,9-13(4)5)10-14(6)7;1-3-5-4-2;/h8-10H2,1-7H3;3-5H,1-2H2;. The fraction of sp³-hybridized carbons (Fsp3) is 0.688. The van der Waals surface area contributed by atoms with Crippen molar-refractivity contribution in [3.8, 4) is 0 Å². The van der Waals surface area contributed by atoms with E-state index in [9.17, 15) is 0 Å². The van der Waals surface area contributed by atoms with E-state index in [1.54, 1.807) is 18.6 Å². The number of allylic oxidation sites excluding steroid dienone is 2. The van der Waals surface area contributed by atoms with E-state index in [1.165, 1.54) is 18.5 Å². The van der Waals surface area contributed by atoms with Crippen LogP contribution < -0.4 is 0 Å². The van der Waals surface area contributed by atoms with E-state index < -0.39 is 0 Å². The van der Waals surface area contributed by atoms with Crippen LogP contribution in [0.5, 0.6) is 0 Å². The average Bonchev–Trinajstić information content (AvgIpc) is 2.14. The van der Waals surface area contributed by atoms with Crippen molar-refractivity contribution in [3.05, 3.63) is 31.7 Å². The van der Waals surface area contributed by atoms with Crippen molar-refractivity contribution in [3.63, 3.8) is 0 Å². The zero-order valence-electron chi connectivity index (χ0n) is 14.5. The quantitative estimate of drug-likeness (QED) is 0.373. The maximum absolute atomic E-state index is 3.42. The summed E-state index contributed by atoms with van der Waals surface area (Å²) < 4.78 is 0. The topological polar surface area (TPSA) is 0 Å². The van der Waals surface area contributed by atoms with Crippen molar-refractivity contribution >= 4 is 23.8 Å². The molecule has 0 aliphatic rings. The minimum absolute atomic E-state index is 0. The number of rotatable bonds is 8. The Morgan fingerprint density at radius 2 is 1.00 bits per heavy atom. The van der Waals surface area contributed by atoms with Crippen LogP contribution in [0.3, 0.4) is 0 Å². The van der Waals surface area contributed by atoms with Gasteiger partial charge in [-0.2, -0.15) is 0 Å². The van der Waals surface area contributed by atoms with E-state index in [2.05, 4.69) is 60.1 Å². The molecule has 0 aliphatic carbocycles. The molecular weight excluding hydrogens is 340 g/mol. The van der Waals surface area contributed by atoms with Gasteiger partial charge in [0, 0.05) is 23.5 Å². The Labute approximate surface area is 143 Å². The van der Waals surface area contributed by atoms with Crippen molar-refractivity contribution < 1.29 is 17.1 Å². The fourth-order valence-corrected chi connectivity index (χ4v) is 8.32. The first kappa shape index (κ1) is 26.2. The summed E-state index contributed by atoms with van der Waals surface area (Å²) in [5.74, 6) is 0. The molecule has 0 amide bonds. The fourth-order valence-electron chi connectivity index (χ4n) is 2.54. The zero-order valence-corrected chi connectivity index (χ0v) is 18.4. The third kappa shape index (κ3) is 19.3. The molecule has 0 aromatic heterocycles. The van der Waals surface area contributed by atoms with E-state index >= 15 is 0 Å². The van der Waals surface area contributed by atoms with Crippen LogP contribution in [0.25, 0.3) is 0 Å². The van der Waals surface area contributed by atoms with Gasteiger partial charge in [0.15, 0.2) is 0 Å². The van der Waals surface area contributed by atoms with E-state index in [0.717, 1.165) is 0 Å². The van der Waals surface area contributed by atoms with Crippen LogP contribution in [0.1, 0.15) is 6.92 Å². The Bertz CT molecular complexity index is 205. The normalized spacial score (nSPS) is 10.9. The SMILES string of the molecule is C=C[CH]C=C.CP(C)CC(C)(CP(C)C)CP(C)C.[Mn]. The smallest absolute Gasteiger partial charge is 0.00386 e. The summed E-state index contributed by atoms with van der Waals surface area (Å²) in [6.45, 7) is 23.9. The Balaban J connectivity index is -0.000000414. The third-order valence-corrected chi connectivity index (χ3v) is 6.55. The summed E-state index contributed by atoms with van der Waals surface area (Å²) in [6.07, 6.45) is 9.58. The molecule has 0 nitrogen and oxygen atoms in total. The van der Waals surface area contributed by atoms with Crippen molar-refractivity contribution in [1.29, 1.82) is 0 Å². The molecule has 0 heterocycles. The van der Waals surface area contributed by atoms with Gasteiger partial charge in [0.1, 0.15) is 0 Å². The molecule has 20 heavy (non-hydrogen) atoms. The van der Waals surface area contributed by atoms with Crippen molar-refractivity contribution in [1.82, 2.24) is 0 Å². The van der Waals surface area contributed by atoms with E-state index in [0.29, 0.717) is 5.41 Å². The molecule has 2 radical (unpaired) electrons. The van der Waals surface area contributed by atoms with Gasteiger partial charge in [0.05, 0.1) is 0 Å². The van der Waals surface area contributed by atoms with Gasteiger partial charge in [0.25, 0.3) is 0 Å². The second-order valence-electron chi connectivity index (χ2n) is 6.19. The predicted molar refractivity (Wildman–Crippen MR) is 104 cm³/mol. The molecule has 0 atom stereocenters. The maximum atomic E-state index is 3.42. The number of hydrogen-bond acceptors (Lipinski definition) is 0. The summed E-state index contributed by atoms with van der Waals surface area (Å²) in [5.41, 5.74) is 0.652. The minimum atomic E-state index is 0. The largest absolute Gasteiger partial charge is 0.113 e. The monoisotopic (exact) mass is 374 g/mol. The molecule has 0 unspecified atom stereocenters. The zero-order chi connectivity index (χ0) is 15.5. The van der Waals surface area contributed by atoms with Crippen molar-refractivity contribution in [2.75, 3.05) is 58.5 Å². The van der Waals surface area contributed by atoms with Crippen LogP contribution in [-0.2, 0) is 17.1 Å². The van der Waals surface area contributed by atoms with Crippen LogP contribution in [0, 0.1) is 11.8 Å². The second-order valence-corrected chi connectivity index (χ2v) is 13.6. The molecule has 0 N–H and O–H groups in total. The van der Waals surface area contributed by atoms with Gasteiger partial charge in [-0.1, -0.05) is 19.1 Å². The molecule has 4 heteroatoms. The minimum Gasteiger partial charge on any atom is -0.113 e. The van der Waals surface area contributed by atoms with Crippen LogP contribution in [0.15, 0.2) is 25.3 Å². The molecule has 0 aromatic rings. The Morgan fingerprint density at radius 3 is 1.10 bits per heavy atom. The van der Waals surface area contributed by atoms with E-state index in [1.807, 2.05) is 0 Å². The molecule has 0 saturated carbocycles. The van der Waals surface area contributed by atoms with Gasteiger partial charge < -0.3 is 0 Å². The summed E-state index contributed by atoms with van der Waals surface area (Å²) in [5, 5.41) is 0. The second kappa shape index (κ2) is 15.2. The van der Waals surface area contributed by atoms with E-state index in [-0.39, 0.29) is 40.8 Å². The molecule has 0 saturated heterocycles. The molecule has 0 spiro atoms. The van der Waals surface area contributed by atoms with E-state index in [4.69, 9.17) is 0 Å². The molecule has 0 bridgehead atoms. The first-order valence-corrected chi connectivity index (χ1v) is 13.9. The Morgan fingerprint density at radius 1 is 0.750 bits per heavy atom. The summed E-state index contributed by atoms with van der Waals surface area (Å²) in [7, 11) is 0.813. The van der Waals surface area contributed by atoms with Gasteiger partial charge >= 0.3 is 0 Å². The van der Waals surface area contributed by atoms with Crippen LogP contribution >= 0.6 is 23.8 Å². The van der Waals surface area contributed by atoms with Crippen LogP contribution in [-0.4, -0.2) is 58.5 Å². The first-order valence-electron chi connectivity index (χ1n) is 6.68. The van der Waals surface area contributed by atoms with Gasteiger partial charge in [-0.05, 0) is 63.9 Å². The first-order chi connectivity index (χ1) is 8.66. The summed E-state index contributed by atoms with van der Waals surface area (Å²) in [6, 6.07) is 0. The predicted octanol–water partition coefficient (Wildman–Crippen LogP) is 5.78. The molecule has 0 rings (SSSR count). The average molecular weight is 374 g/mol. The molecule has 120 valence electrons. The number of hydrogen-bond donors (Lipinski definition) is 0. The Kier molecular flexibility index (Phi) is 19.9. The van der Waals surface area contributed by atoms with Gasteiger partial charge in [0.2, 0.25) is 0 Å². The molecule has 0 aromatic carbocycles. The van der Waals surface area contributed by atoms with Crippen molar-refractivity contribution in [2.24, 2.45) is 5.41 Å². The maximum Gasteiger partial charge on any atom is 0.00386 e. The summed E-state index contributed by atoms with van der Waals surface area (Å²) >= 11 is 0. The summed E-state index contributed by atoms with van der Waals surface area (Å²) in [4.78, 5) is 0. The van der Waals surface area contributed by atoms with Gasteiger partial charge in [-0.25, -0.2) is 0 Å². The third-order valence-electron chi connectivity index (χ3n) is 2.37. The Hall–Kier alpha value is 1.29. The van der Waals surface area contributed by atoms with Crippen molar-refractivity contribution in [2.45, 2.75) is 6.92 Å². The molecular formula is C16H34MnP3. The molecule has 0 aliphatic heterocycles. The van der Waals surface area contributed by atoms with Gasteiger partial charge in [-0.15, -0.1) is 36.9 Å².